The van der Waals surface area contributed by atoms with E-state index in [0.29, 0.717) is 5.92 Å². The number of aromatic nitrogens is 1. The number of rotatable bonds is 4. The summed E-state index contributed by atoms with van der Waals surface area (Å²) in [6.07, 6.45) is 3.55. The van der Waals surface area contributed by atoms with E-state index in [4.69, 9.17) is 0 Å². The summed E-state index contributed by atoms with van der Waals surface area (Å²) in [4.78, 5) is 17.0. The van der Waals surface area contributed by atoms with Crippen LogP contribution >= 0.6 is 0 Å². The van der Waals surface area contributed by atoms with Crippen molar-refractivity contribution < 1.29 is 4.79 Å². The zero-order chi connectivity index (χ0) is 15.4. The molecule has 1 aliphatic heterocycles. The number of para-hydroxylation sites is 1. The molecule has 1 unspecified atom stereocenters. The summed E-state index contributed by atoms with van der Waals surface area (Å²) < 4.78 is 0. The molecule has 1 aromatic heterocycles. The van der Waals surface area contributed by atoms with E-state index in [2.05, 4.69) is 15.6 Å². The molecule has 1 fully saturated rings. The Labute approximate surface area is 131 Å². The van der Waals surface area contributed by atoms with Crippen molar-refractivity contribution in [3.63, 3.8) is 0 Å². The molecule has 0 radical (unpaired) electrons. The van der Waals surface area contributed by atoms with E-state index in [1.165, 1.54) is 12.8 Å². The summed E-state index contributed by atoms with van der Waals surface area (Å²) in [6, 6.07) is 9.69. The minimum atomic E-state index is 0.00506. The number of pyridine rings is 1. The second kappa shape index (κ2) is 6.88. The third-order valence-electron chi connectivity index (χ3n) is 4.33. The fraction of sp³-hybridized carbons (Fsp3) is 0.444. The lowest BCUT2D eigenvalue weighted by molar-refractivity contribution is 0.0952. The van der Waals surface area contributed by atoms with Crippen LogP contribution in [-0.4, -0.2) is 30.5 Å². The van der Waals surface area contributed by atoms with Crippen molar-refractivity contribution in [3.05, 3.63) is 41.6 Å². The molecule has 0 aliphatic carbocycles. The first-order valence-electron chi connectivity index (χ1n) is 8.09. The lowest BCUT2D eigenvalue weighted by Crippen LogP contribution is -2.33. The van der Waals surface area contributed by atoms with Crippen LogP contribution in [0, 0.1) is 12.8 Å². The van der Waals surface area contributed by atoms with Gasteiger partial charge in [0.1, 0.15) is 0 Å². The predicted octanol–water partition coefficient (Wildman–Crippen LogP) is 2.66. The highest BCUT2D eigenvalue weighted by Crippen LogP contribution is 2.18. The third-order valence-corrected chi connectivity index (χ3v) is 4.33. The standard InChI is InChI=1S/C18H23N3O/c1-13-11-16(15-6-2-3-7-17(15)21-13)18(22)20-10-8-14-5-4-9-19-12-14/h2-3,6-7,11,14,19H,4-5,8-10,12H2,1H3,(H,20,22). The quantitative estimate of drug-likeness (QED) is 0.912. The molecule has 1 aromatic carbocycles. The van der Waals surface area contributed by atoms with Crippen molar-refractivity contribution in [3.8, 4) is 0 Å². The van der Waals surface area contributed by atoms with E-state index in [1.54, 1.807) is 0 Å². The molecule has 2 aromatic rings. The lowest BCUT2D eigenvalue weighted by atomic mass is 9.96. The van der Waals surface area contributed by atoms with Crippen molar-refractivity contribution in [2.24, 2.45) is 5.92 Å². The Morgan fingerprint density at radius 2 is 2.27 bits per heavy atom. The average Bonchev–Trinajstić information content (AvgIpc) is 2.55. The van der Waals surface area contributed by atoms with E-state index in [9.17, 15) is 4.79 Å². The van der Waals surface area contributed by atoms with Gasteiger partial charge in [-0.25, -0.2) is 0 Å². The Morgan fingerprint density at radius 1 is 1.41 bits per heavy atom. The van der Waals surface area contributed by atoms with Gasteiger partial charge in [0.25, 0.3) is 5.91 Å². The summed E-state index contributed by atoms with van der Waals surface area (Å²) in [5.74, 6) is 0.690. The number of carbonyl (C=O) groups excluding carboxylic acids is 1. The number of benzene rings is 1. The van der Waals surface area contributed by atoms with Crippen LogP contribution in [0.25, 0.3) is 10.9 Å². The molecule has 4 heteroatoms. The molecule has 1 amide bonds. The fourth-order valence-corrected chi connectivity index (χ4v) is 3.15. The first kappa shape index (κ1) is 15.0. The van der Waals surface area contributed by atoms with E-state index >= 15 is 0 Å². The molecular weight excluding hydrogens is 274 g/mol. The summed E-state index contributed by atoms with van der Waals surface area (Å²) in [7, 11) is 0. The normalized spacial score (nSPS) is 18.3. The van der Waals surface area contributed by atoms with Gasteiger partial charge in [-0.15, -0.1) is 0 Å². The summed E-state index contributed by atoms with van der Waals surface area (Å²) in [5, 5.41) is 7.41. The molecule has 22 heavy (non-hydrogen) atoms. The van der Waals surface area contributed by atoms with Crippen LogP contribution in [0.1, 0.15) is 35.3 Å². The molecule has 2 N–H and O–H groups in total. The van der Waals surface area contributed by atoms with Gasteiger partial charge in [0, 0.05) is 17.6 Å². The van der Waals surface area contributed by atoms with E-state index in [1.807, 2.05) is 37.3 Å². The SMILES string of the molecule is Cc1cc(C(=O)NCCC2CCCNC2)c2ccccc2n1. The summed E-state index contributed by atoms with van der Waals surface area (Å²) in [5.41, 5.74) is 2.48. The van der Waals surface area contributed by atoms with E-state index < -0.39 is 0 Å². The van der Waals surface area contributed by atoms with E-state index in [-0.39, 0.29) is 5.91 Å². The Hall–Kier alpha value is -1.94. The molecule has 2 heterocycles. The summed E-state index contributed by atoms with van der Waals surface area (Å²) >= 11 is 0. The highest BCUT2D eigenvalue weighted by Gasteiger charge is 2.15. The number of amides is 1. The highest BCUT2D eigenvalue weighted by molar-refractivity contribution is 6.06. The minimum Gasteiger partial charge on any atom is -0.352 e. The molecular formula is C18H23N3O. The van der Waals surface area contributed by atoms with Gasteiger partial charge in [-0.05, 0) is 57.3 Å². The van der Waals surface area contributed by atoms with Crippen molar-refractivity contribution in [2.45, 2.75) is 26.2 Å². The van der Waals surface area contributed by atoms with Crippen LogP contribution in [0.3, 0.4) is 0 Å². The molecule has 1 atom stereocenters. The molecule has 1 aliphatic rings. The topological polar surface area (TPSA) is 54.0 Å². The Morgan fingerprint density at radius 3 is 3.09 bits per heavy atom. The number of fused-ring (bicyclic) bond motifs is 1. The zero-order valence-corrected chi connectivity index (χ0v) is 13.1. The Kier molecular flexibility index (Phi) is 4.68. The van der Waals surface area contributed by atoms with Gasteiger partial charge in [-0.2, -0.15) is 0 Å². The van der Waals surface area contributed by atoms with Crippen molar-refractivity contribution >= 4 is 16.8 Å². The maximum absolute atomic E-state index is 12.5. The fourth-order valence-electron chi connectivity index (χ4n) is 3.15. The van der Waals surface area contributed by atoms with Crippen LogP contribution in [0.2, 0.25) is 0 Å². The van der Waals surface area contributed by atoms with Crippen LogP contribution in [-0.2, 0) is 0 Å². The first-order chi connectivity index (χ1) is 10.7. The third kappa shape index (κ3) is 3.45. The van der Waals surface area contributed by atoms with Gasteiger partial charge >= 0.3 is 0 Å². The molecule has 3 rings (SSSR count). The second-order valence-electron chi connectivity index (χ2n) is 6.09. The first-order valence-corrected chi connectivity index (χ1v) is 8.09. The largest absolute Gasteiger partial charge is 0.352 e. The lowest BCUT2D eigenvalue weighted by Gasteiger charge is -2.22. The average molecular weight is 297 g/mol. The van der Waals surface area contributed by atoms with Gasteiger partial charge in [0.15, 0.2) is 0 Å². The van der Waals surface area contributed by atoms with Crippen molar-refractivity contribution in [1.82, 2.24) is 15.6 Å². The van der Waals surface area contributed by atoms with Gasteiger partial charge < -0.3 is 10.6 Å². The number of nitrogens with zero attached hydrogens (tertiary/aromatic N) is 1. The second-order valence-corrected chi connectivity index (χ2v) is 6.09. The van der Waals surface area contributed by atoms with Gasteiger partial charge in [-0.1, -0.05) is 18.2 Å². The molecule has 116 valence electrons. The number of hydrogen-bond donors (Lipinski definition) is 2. The zero-order valence-electron chi connectivity index (χ0n) is 13.1. The Bertz CT molecular complexity index is 662. The van der Waals surface area contributed by atoms with E-state index in [0.717, 1.165) is 48.2 Å². The van der Waals surface area contributed by atoms with Gasteiger partial charge in [0.05, 0.1) is 11.1 Å². The minimum absolute atomic E-state index is 0.00506. The maximum Gasteiger partial charge on any atom is 0.252 e. The van der Waals surface area contributed by atoms with Gasteiger partial charge in [-0.3, -0.25) is 9.78 Å². The highest BCUT2D eigenvalue weighted by atomic mass is 16.1. The Balaban J connectivity index is 1.67. The summed E-state index contributed by atoms with van der Waals surface area (Å²) in [6.45, 7) is 4.87. The van der Waals surface area contributed by atoms with Gasteiger partial charge in [0.2, 0.25) is 0 Å². The predicted molar refractivity (Wildman–Crippen MR) is 89.0 cm³/mol. The van der Waals surface area contributed by atoms with Crippen molar-refractivity contribution in [2.75, 3.05) is 19.6 Å². The molecule has 1 saturated heterocycles. The molecule has 0 bridgehead atoms. The molecule has 0 spiro atoms. The number of piperidine rings is 1. The van der Waals surface area contributed by atoms with Crippen LogP contribution in [0.15, 0.2) is 30.3 Å². The number of hydrogen-bond acceptors (Lipinski definition) is 3. The van der Waals surface area contributed by atoms with Crippen LogP contribution in [0.5, 0.6) is 0 Å². The van der Waals surface area contributed by atoms with Crippen molar-refractivity contribution in [1.29, 1.82) is 0 Å². The monoisotopic (exact) mass is 297 g/mol. The number of nitrogens with one attached hydrogen (secondary N) is 2. The van der Waals surface area contributed by atoms with Crippen LogP contribution < -0.4 is 10.6 Å². The maximum atomic E-state index is 12.5. The molecule has 4 nitrogen and oxygen atoms in total. The number of carbonyl (C=O) groups is 1. The van der Waals surface area contributed by atoms with Crippen LogP contribution in [0.4, 0.5) is 0 Å². The molecule has 0 saturated carbocycles. The number of aryl methyl sites for hydroxylation is 1. The smallest absolute Gasteiger partial charge is 0.252 e.